The molecule has 1 heterocycles. The number of amides is 1. The van der Waals surface area contributed by atoms with E-state index in [4.69, 9.17) is 11.6 Å². The van der Waals surface area contributed by atoms with Crippen LogP contribution in [0.25, 0.3) is 0 Å². The fourth-order valence-electron chi connectivity index (χ4n) is 1.65. The van der Waals surface area contributed by atoms with E-state index in [1.165, 1.54) is 0 Å². The maximum atomic E-state index is 12.1. The van der Waals surface area contributed by atoms with E-state index in [2.05, 4.69) is 4.98 Å². The lowest BCUT2D eigenvalue weighted by atomic mass is 10.2. The van der Waals surface area contributed by atoms with Gasteiger partial charge >= 0.3 is 0 Å². The van der Waals surface area contributed by atoms with E-state index in [1.54, 1.807) is 36.5 Å². The van der Waals surface area contributed by atoms with Gasteiger partial charge in [0.15, 0.2) is 0 Å². The van der Waals surface area contributed by atoms with Crippen molar-refractivity contribution in [3.05, 3.63) is 64.9 Å². The van der Waals surface area contributed by atoms with Gasteiger partial charge in [0.25, 0.3) is 5.91 Å². The number of pyridine rings is 1. The van der Waals surface area contributed by atoms with Gasteiger partial charge in [-0.1, -0.05) is 23.7 Å². The first-order valence-corrected chi connectivity index (χ1v) is 5.94. The summed E-state index contributed by atoms with van der Waals surface area (Å²) < 4.78 is 0. The summed E-state index contributed by atoms with van der Waals surface area (Å²) in [5.41, 5.74) is 1.69. The highest BCUT2D eigenvalue weighted by atomic mass is 35.5. The minimum absolute atomic E-state index is 0.0210. The Balaban J connectivity index is 2.06. The Morgan fingerprint density at radius 2 is 1.78 bits per heavy atom. The van der Waals surface area contributed by atoms with Crippen molar-refractivity contribution >= 4 is 17.5 Å². The van der Waals surface area contributed by atoms with Crippen LogP contribution in [0.2, 0.25) is 5.02 Å². The van der Waals surface area contributed by atoms with E-state index in [1.807, 2.05) is 24.3 Å². The molecule has 2 rings (SSSR count). The second-order valence-corrected chi connectivity index (χ2v) is 4.46. The van der Waals surface area contributed by atoms with E-state index in [-0.39, 0.29) is 5.91 Å². The molecule has 3 nitrogen and oxygen atoms in total. The zero-order valence-corrected chi connectivity index (χ0v) is 10.8. The molecule has 0 spiro atoms. The summed E-state index contributed by atoms with van der Waals surface area (Å²) in [4.78, 5) is 17.6. The van der Waals surface area contributed by atoms with Crippen LogP contribution in [0.5, 0.6) is 0 Å². The molecule has 0 aliphatic rings. The van der Waals surface area contributed by atoms with Gasteiger partial charge in [-0.3, -0.25) is 9.78 Å². The lowest BCUT2D eigenvalue weighted by Crippen LogP contribution is -2.26. The van der Waals surface area contributed by atoms with Crippen LogP contribution in [0.4, 0.5) is 0 Å². The van der Waals surface area contributed by atoms with Crippen LogP contribution in [-0.4, -0.2) is 22.8 Å². The molecular weight excluding hydrogens is 248 g/mol. The summed E-state index contributed by atoms with van der Waals surface area (Å²) in [7, 11) is 1.78. The second-order valence-electron chi connectivity index (χ2n) is 4.02. The number of carbonyl (C=O) groups excluding carboxylic acids is 1. The predicted molar refractivity (Wildman–Crippen MR) is 71.5 cm³/mol. The first-order valence-electron chi connectivity index (χ1n) is 5.57. The Bertz CT molecular complexity index is 525. The van der Waals surface area contributed by atoms with Gasteiger partial charge in [-0.15, -0.1) is 0 Å². The summed E-state index contributed by atoms with van der Waals surface area (Å²) in [6.45, 7) is 0.554. The standard InChI is InChI=1S/C14H13ClN2O/c1-17(10-11-2-4-13(15)5-3-11)14(18)12-6-8-16-9-7-12/h2-9H,10H2,1H3. The van der Waals surface area contributed by atoms with Crippen molar-refractivity contribution in [2.75, 3.05) is 7.05 Å². The van der Waals surface area contributed by atoms with Gasteiger partial charge in [0.2, 0.25) is 0 Å². The van der Waals surface area contributed by atoms with E-state index in [9.17, 15) is 4.79 Å². The lowest BCUT2D eigenvalue weighted by molar-refractivity contribution is 0.0785. The molecule has 0 fully saturated rings. The van der Waals surface area contributed by atoms with Crippen LogP contribution in [0.15, 0.2) is 48.8 Å². The van der Waals surface area contributed by atoms with Crippen LogP contribution in [-0.2, 0) is 6.54 Å². The van der Waals surface area contributed by atoms with Crippen molar-refractivity contribution < 1.29 is 4.79 Å². The Kier molecular flexibility index (Phi) is 3.95. The molecule has 2 aromatic rings. The van der Waals surface area contributed by atoms with Crippen LogP contribution in [0.1, 0.15) is 15.9 Å². The first-order chi connectivity index (χ1) is 8.66. The highest BCUT2D eigenvalue weighted by Gasteiger charge is 2.11. The molecule has 0 radical (unpaired) electrons. The molecule has 0 N–H and O–H groups in total. The topological polar surface area (TPSA) is 33.2 Å². The average molecular weight is 261 g/mol. The molecule has 4 heteroatoms. The fourth-order valence-corrected chi connectivity index (χ4v) is 1.78. The molecule has 0 aliphatic heterocycles. The number of hydrogen-bond donors (Lipinski definition) is 0. The highest BCUT2D eigenvalue weighted by molar-refractivity contribution is 6.30. The van der Waals surface area contributed by atoms with E-state index in [0.717, 1.165) is 5.56 Å². The van der Waals surface area contributed by atoms with E-state index >= 15 is 0 Å². The molecule has 1 aromatic heterocycles. The molecule has 0 saturated carbocycles. The number of carbonyl (C=O) groups is 1. The monoisotopic (exact) mass is 260 g/mol. The van der Waals surface area contributed by atoms with Crippen molar-refractivity contribution in [1.29, 1.82) is 0 Å². The molecule has 0 aliphatic carbocycles. The Morgan fingerprint density at radius 3 is 2.39 bits per heavy atom. The summed E-state index contributed by atoms with van der Waals surface area (Å²) in [5, 5.41) is 0.696. The lowest BCUT2D eigenvalue weighted by Gasteiger charge is -2.17. The van der Waals surface area contributed by atoms with E-state index in [0.29, 0.717) is 17.1 Å². The third-order valence-corrected chi connectivity index (χ3v) is 2.86. The van der Waals surface area contributed by atoms with Gasteiger partial charge in [-0.05, 0) is 29.8 Å². The number of rotatable bonds is 3. The number of halogens is 1. The predicted octanol–water partition coefficient (Wildman–Crippen LogP) is 3.01. The van der Waals surface area contributed by atoms with Gasteiger partial charge in [-0.25, -0.2) is 0 Å². The SMILES string of the molecule is CN(Cc1ccc(Cl)cc1)C(=O)c1ccncc1. The molecule has 0 atom stereocenters. The van der Waals surface area contributed by atoms with Crippen LogP contribution >= 0.6 is 11.6 Å². The number of benzene rings is 1. The Labute approximate surface area is 111 Å². The molecule has 92 valence electrons. The number of nitrogens with zero attached hydrogens (tertiary/aromatic N) is 2. The molecule has 0 saturated heterocycles. The maximum absolute atomic E-state index is 12.1. The molecular formula is C14H13ClN2O. The quantitative estimate of drug-likeness (QED) is 0.850. The smallest absolute Gasteiger partial charge is 0.254 e. The average Bonchev–Trinajstić information content (AvgIpc) is 2.41. The molecule has 0 unspecified atom stereocenters. The summed E-state index contributed by atoms with van der Waals surface area (Å²) >= 11 is 5.82. The molecule has 1 aromatic carbocycles. The molecule has 0 bridgehead atoms. The van der Waals surface area contributed by atoms with Gasteiger partial charge in [0.1, 0.15) is 0 Å². The van der Waals surface area contributed by atoms with Gasteiger partial charge < -0.3 is 4.90 Å². The fraction of sp³-hybridized carbons (Fsp3) is 0.143. The minimum atomic E-state index is -0.0210. The summed E-state index contributed by atoms with van der Waals surface area (Å²) in [6.07, 6.45) is 3.23. The van der Waals surface area contributed by atoms with E-state index < -0.39 is 0 Å². The third-order valence-electron chi connectivity index (χ3n) is 2.61. The minimum Gasteiger partial charge on any atom is -0.337 e. The third kappa shape index (κ3) is 3.08. The van der Waals surface area contributed by atoms with Crippen LogP contribution in [0, 0.1) is 0 Å². The Hall–Kier alpha value is -1.87. The van der Waals surface area contributed by atoms with Crippen molar-refractivity contribution in [3.8, 4) is 0 Å². The van der Waals surface area contributed by atoms with Crippen molar-refractivity contribution in [1.82, 2.24) is 9.88 Å². The molecule has 1 amide bonds. The van der Waals surface area contributed by atoms with Crippen molar-refractivity contribution in [2.45, 2.75) is 6.54 Å². The number of hydrogen-bond acceptors (Lipinski definition) is 2. The van der Waals surface area contributed by atoms with Gasteiger partial charge in [0.05, 0.1) is 0 Å². The normalized spacial score (nSPS) is 10.1. The second kappa shape index (κ2) is 5.65. The van der Waals surface area contributed by atoms with Crippen molar-refractivity contribution in [2.24, 2.45) is 0 Å². The zero-order valence-electron chi connectivity index (χ0n) is 10.0. The van der Waals surface area contributed by atoms with Crippen LogP contribution in [0.3, 0.4) is 0 Å². The summed E-state index contributed by atoms with van der Waals surface area (Å²) in [6, 6.07) is 10.9. The van der Waals surface area contributed by atoms with Crippen LogP contribution < -0.4 is 0 Å². The Morgan fingerprint density at radius 1 is 1.17 bits per heavy atom. The number of aromatic nitrogens is 1. The largest absolute Gasteiger partial charge is 0.337 e. The highest BCUT2D eigenvalue weighted by Crippen LogP contribution is 2.12. The van der Waals surface area contributed by atoms with Gasteiger partial charge in [-0.2, -0.15) is 0 Å². The zero-order chi connectivity index (χ0) is 13.0. The summed E-state index contributed by atoms with van der Waals surface area (Å²) in [5.74, 6) is -0.0210. The molecule has 18 heavy (non-hydrogen) atoms. The maximum Gasteiger partial charge on any atom is 0.254 e. The van der Waals surface area contributed by atoms with Gasteiger partial charge in [0, 0.05) is 36.6 Å². The van der Waals surface area contributed by atoms with Crippen molar-refractivity contribution in [3.63, 3.8) is 0 Å². The first kappa shape index (κ1) is 12.6.